The molecule has 1 aromatic rings. The summed E-state index contributed by atoms with van der Waals surface area (Å²) in [4.78, 5) is 0. The molecule has 1 unspecified atom stereocenters. The average Bonchev–Trinajstić information content (AvgIpc) is 2.25. The molecule has 1 fully saturated rings. The molecule has 0 radical (unpaired) electrons. The van der Waals surface area contributed by atoms with Crippen molar-refractivity contribution < 1.29 is 9.13 Å². The molecule has 1 aliphatic rings. The second-order valence-electron chi connectivity index (χ2n) is 7.93. The van der Waals surface area contributed by atoms with Gasteiger partial charge in [-0.25, -0.2) is 4.39 Å². The first kappa shape index (κ1) is 15.3. The van der Waals surface area contributed by atoms with Crippen LogP contribution in [0.15, 0.2) is 18.2 Å². The van der Waals surface area contributed by atoms with Crippen LogP contribution >= 0.6 is 0 Å². The number of hydrogen-bond acceptors (Lipinski definition) is 1. The fourth-order valence-corrected chi connectivity index (χ4v) is 2.99. The minimum atomic E-state index is -0.206. The van der Waals surface area contributed by atoms with E-state index in [1.807, 2.05) is 6.07 Å². The molecule has 1 saturated carbocycles. The molecule has 0 N–H and O–H groups in total. The van der Waals surface area contributed by atoms with Gasteiger partial charge in [-0.15, -0.1) is 0 Å². The van der Waals surface area contributed by atoms with E-state index in [1.165, 1.54) is 18.9 Å². The van der Waals surface area contributed by atoms with E-state index in [0.29, 0.717) is 11.2 Å². The molecule has 0 aliphatic heterocycles. The third-order valence-corrected chi connectivity index (χ3v) is 4.20. The van der Waals surface area contributed by atoms with Crippen LogP contribution in [-0.4, -0.2) is 6.10 Å². The molecule has 0 amide bonds. The lowest BCUT2D eigenvalue weighted by molar-refractivity contribution is 0.0847. The van der Waals surface area contributed by atoms with Gasteiger partial charge in [0.2, 0.25) is 0 Å². The van der Waals surface area contributed by atoms with Gasteiger partial charge in [0.25, 0.3) is 0 Å². The van der Waals surface area contributed by atoms with E-state index in [9.17, 15) is 4.39 Å². The maximum atomic E-state index is 13.8. The molecule has 112 valence electrons. The molecule has 0 aromatic heterocycles. The predicted octanol–water partition coefficient (Wildman–Crippen LogP) is 5.47. The molecule has 1 atom stereocenters. The first-order valence-electron chi connectivity index (χ1n) is 7.63. The Morgan fingerprint density at radius 3 is 2.50 bits per heavy atom. The van der Waals surface area contributed by atoms with Crippen molar-refractivity contribution in [2.75, 3.05) is 0 Å². The molecule has 0 spiro atoms. The van der Waals surface area contributed by atoms with E-state index >= 15 is 0 Å². The Kier molecular flexibility index (Phi) is 4.13. The minimum absolute atomic E-state index is 0.0634. The molecular formula is C18H27FO. The lowest BCUT2D eigenvalue weighted by atomic mass is 9.76. The zero-order valence-electron chi connectivity index (χ0n) is 13.4. The lowest BCUT2D eigenvalue weighted by Crippen LogP contribution is -2.30. The smallest absolute Gasteiger partial charge is 0.127 e. The van der Waals surface area contributed by atoms with Crippen molar-refractivity contribution in [2.45, 2.75) is 71.8 Å². The van der Waals surface area contributed by atoms with Crippen LogP contribution in [0, 0.1) is 11.2 Å². The van der Waals surface area contributed by atoms with Crippen molar-refractivity contribution in [1.29, 1.82) is 0 Å². The zero-order valence-corrected chi connectivity index (χ0v) is 13.4. The SMILES string of the molecule is CC1(C)CCCC(Oc2cc(F)cc(C(C)(C)C)c2)C1. The summed E-state index contributed by atoms with van der Waals surface area (Å²) in [7, 11) is 0. The van der Waals surface area contributed by atoms with Crippen LogP contribution in [0.2, 0.25) is 0 Å². The Labute approximate surface area is 122 Å². The molecule has 20 heavy (non-hydrogen) atoms. The third kappa shape index (κ3) is 3.97. The first-order valence-corrected chi connectivity index (χ1v) is 7.63. The maximum Gasteiger partial charge on any atom is 0.127 e. The van der Waals surface area contributed by atoms with E-state index in [-0.39, 0.29) is 17.3 Å². The van der Waals surface area contributed by atoms with Crippen LogP contribution < -0.4 is 4.74 Å². The lowest BCUT2D eigenvalue weighted by Gasteiger charge is -2.35. The molecule has 0 bridgehead atoms. The molecule has 2 heteroatoms. The van der Waals surface area contributed by atoms with Crippen LogP contribution in [0.3, 0.4) is 0 Å². The summed E-state index contributed by atoms with van der Waals surface area (Å²) in [5.41, 5.74) is 1.26. The van der Waals surface area contributed by atoms with Gasteiger partial charge in [0.15, 0.2) is 0 Å². The second-order valence-corrected chi connectivity index (χ2v) is 7.93. The molecular weight excluding hydrogens is 251 g/mol. The van der Waals surface area contributed by atoms with E-state index in [4.69, 9.17) is 4.74 Å². The maximum absolute atomic E-state index is 13.8. The summed E-state index contributed by atoms with van der Waals surface area (Å²) in [6.45, 7) is 10.9. The summed E-state index contributed by atoms with van der Waals surface area (Å²) in [5, 5.41) is 0. The summed E-state index contributed by atoms with van der Waals surface area (Å²) in [5.74, 6) is 0.472. The number of halogens is 1. The van der Waals surface area contributed by atoms with Gasteiger partial charge >= 0.3 is 0 Å². The Balaban J connectivity index is 2.15. The minimum Gasteiger partial charge on any atom is -0.490 e. The Morgan fingerprint density at radius 2 is 1.90 bits per heavy atom. The van der Waals surface area contributed by atoms with Crippen molar-refractivity contribution in [2.24, 2.45) is 5.41 Å². The van der Waals surface area contributed by atoms with Gasteiger partial charge in [0, 0.05) is 6.07 Å². The average molecular weight is 278 g/mol. The normalized spacial score (nSPS) is 22.6. The van der Waals surface area contributed by atoms with Gasteiger partial charge in [-0.3, -0.25) is 0 Å². The van der Waals surface area contributed by atoms with Crippen LogP contribution in [0.5, 0.6) is 5.75 Å². The van der Waals surface area contributed by atoms with Crippen LogP contribution in [0.1, 0.15) is 65.9 Å². The molecule has 1 aromatic carbocycles. The molecule has 0 saturated heterocycles. The predicted molar refractivity (Wildman–Crippen MR) is 81.8 cm³/mol. The standard InChI is InChI=1S/C18H27FO/c1-17(2,3)13-9-14(19)11-16(10-13)20-15-7-6-8-18(4,5)12-15/h9-11,15H,6-8,12H2,1-5H3. The molecule has 2 rings (SSSR count). The van der Waals surface area contributed by atoms with E-state index in [2.05, 4.69) is 34.6 Å². The van der Waals surface area contributed by atoms with Gasteiger partial charge in [0.05, 0.1) is 6.10 Å². The zero-order chi connectivity index (χ0) is 15.0. The highest BCUT2D eigenvalue weighted by molar-refractivity contribution is 5.33. The summed E-state index contributed by atoms with van der Waals surface area (Å²) in [6.07, 6.45) is 4.79. The van der Waals surface area contributed by atoms with E-state index in [0.717, 1.165) is 18.4 Å². The number of rotatable bonds is 2. The quantitative estimate of drug-likeness (QED) is 0.697. The van der Waals surface area contributed by atoms with E-state index < -0.39 is 0 Å². The third-order valence-electron chi connectivity index (χ3n) is 4.20. The fourth-order valence-electron chi connectivity index (χ4n) is 2.99. The Morgan fingerprint density at radius 1 is 1.20 bits per heavy atom. The van der Waals surface area contributed by atoms with Gasteiger partial charge in [-0.2, -0.15) is 0 Å². The highest BCUT2D eigenvalue weighted by atomic mass is 19.1. The van der Waals surface area contributed by atoms with Gasteiger partial charge in [0.1, 0.15) is 11.6 Å². The molecule has 1 aliphatic carbocycles. The summed E-state index contributed by atoms with van der Waals surface area (Å²) < 4.78 is 19.9. The van der Waals surface area contributed by atoms with Crippen molar-refractivity contribution in [3.8, 4) is 5.75 Å². The van der Waals surface area contributed by atoms with Crippen molar-refractivity contribution in [3.05, 3.63) is 29.6 Å². The monoisotopic (exact) mass is 278 g/mol. The molecule has 1 nitrogen and oxygen atoms in total. The van der Waals surface area contributed by atoms with Crippen molar-refractivity contribution >= 4 is 0 Å². The number of benzene rings is 1. The first-order chi connectivity index (χ1) is 9.16. The van der Waals surface area contributed by atoms with Gasteiger partial charge < -0.3 is 4.74 Å². The highest BCUT2D eigenvalue weighted by Crippen LogP contribution is 2.37. The summed E-state index contributed by atoms with van der Waals surface area (Å²) in [6, 6.07) is 5.11. The van der Waals surface area contributed by atoms with Crippen LogP contribution in [0.25, 0.3) is 0 Å². The number of hydrogen-bond donors (Lipinski definition) is 0. The number of ether oxygens (including phenoxy) is 1. The van der Waals surface area contributed by atoms with Gasteiger partial charge in [-0.05, 0) is 54.2 Å². The van der Waals surface area contributed by atoms with Gasteiger partial charge in [-0.1, -0.05) is 34.6 Å². The second kappa shape index (κ2) is 5.38. The highest BCUT2D eigenvalue weighted by Gasteiger charge is 2.29. The Bertz CT molecular complexity index is 471. The van der Waals surface area contributed by atoms with Crippen molar-refractivity contribution in [1.82, 2.24) is 0 Å². The fraction of sp³-hybridized carbons (Fsp3) is 0.667. The van der Waals surface area contributed by atoms with Crippen LogP contribution in [-0.2, 0) is 5.41 Å². The largest absolute Gasteiger partial charge is 0.490 e. The van der Waals surface area contributed by atoms with Crippen molar-refractivity contribution in [3.63, 3.8) is 0 Å². The van der Waals surface area contributed by atoms with E-state index in [1.54, 1.807) is 6.07 Å². The topological polar surface area (TPSA) is 9.23 Å². The van der Waals surface area contributed by atoms with Crippen LogP contribution in [0.4, 0.5) is 4.39 Å². The summed E-state index contributed by atoms with van der Waals surface area (Å²) >= 11 is 0. The molecule has 0 heterocycles. The Hall–Kier alpha value is -1.05.